The van der Waals surface area contributed by atoms with Crippen LogP contribution in [0.1, 0.15) is 15.9 Å². The van der Waals surface area contributed by atoms with Crippen LogP contribution in [0.2, 0.25) is 0 Å². The number of para-hydroxylation sites is 1. The van der Waals surface area contributed by atoms with Crippen LogP contribution in [-0.4, -0.2) is 65.9 Å². The van der Waals surface area contributed by atoms with Crippen LogP contribution in [0.4, 0.5) is 5.69 Å². The lowest BCUT2D eigenvalue weighted by Crippen LogP contribution is -2.51. The van der Waals surface area contributed by atoms with Crippen LogP contribution in [-0.2, 0) is 11.2 Å². The van der Waals surface area contributed by atoms with Gasteiger partial charge in [0, 0.05) is 56.4 Å². The second kappa shape index (κ2) is 7.25. The second-order valence-corrected chi connectivity index (χ2v) is 6.73. The molecule has 2 aromatic rings. The molecule has 0 bridgehead atoms. The predicted molar refractivity (Wildman–Crippen MR) is 99.1 cm³/mol. The maximum absolute atomic E-state index is 12.7. The standard InChI is InChI=1S/C20H22N4O2/c25-19(24-10-7-16-3-1-2-4-18(16)24)15-22-11-13-23(14-12-22)20(26)17-5-8-21-9-6-17/h1-6,8-9H,7,10-15H2. The van der Waals surface area contributed by atoms with Crippen LogP contribution in [0.3, 0.4) is 0 Å². The van der Waals surface area contributed by atoms with Gasteiger partial charge in [0.25, 0.3) is 5.91 Å². The highest BCUT2D eigenvalue weighted by Gasteiger charge is 2.28. The van der Waals surface area contributed by atoms with Gasteiger partial charge >= 0.3 is 0 Å². The fourth-order valence-corrected chi connectivity index (χ4v) is 3.66. The number of aromatic nitrogens is 1. The van der Waals surface area contributed by atoms with Crippen molar-refractivity contribution in [2.24, 2.45) is 0 Å². The zero-order valence-electron chi connectivity index (χ0n) is 14.7. The third-order valence-corrected chi connectivity index (χ3v) is 5.13. The molecule has 26 heavy (non-hydrogen) atoms. The number of hydrogen-bond acceptors (Lipinski definition) is 4. The van der Waals surface area contributed by atoms with Crippen molar-refractivity contribution in [1.29, 1.82) is 0 Å². The number of pyridine rings is 1. The molecule has 0 aliphatic carbocycles. The van der Waals surface area contributed by atoms with E-state index in [0.29, 0.717) is 25.2 Å². The molecule has 0 spiro atoms. The number of rotatable bonds is 3. The summed E-state index contributed by atoms with van der Waals surface area (Å²) in [7, 11) is 0. The van der Waals surface area contributed by atoms with E-state index in [4.69, 9.17) is 0 Å². The Hall–Kier alpha value is -2.73. The fourth-order valence-electron chi connectivity index (χ4n) is 3.66. The molecular formula is C20H22N4O2. The van der Waals surface area contributed by atoms with Crippen LogP contribution in [0.25, 0.3) is 0 Å². The Morgan fingerprint density at radius 3 is 2.42 bits per heavy atom. The number of anilines is 1. The molecule has 0 unspecified atom stereocenters. The Morgan fingerprint density at radius 1 is 0.923 bits per heavy atom. The number of amides is 2. The summed E-state index contributed by atoms with van der Waals surface area (Å²) in [6.45, 7) is 3.90. The Labute approximate surface area is 153 Å². The van der Waals surface area contributed by atoms with Gasteiger partial charge in [-0.1, -0.05) is 18.2 Å². The summed E-state index contributed by atoms with van der Waals surface area (Å²) in [5.74, 6) is 0.177. The first-order valence-electron chi connectivity index (χ1n) is 9.02. The first-order valence-corrected chi connectivity index (χ1v) is 9.02. The highest BCUT2D eigenvalue weighted by Crippen LogP contribution is 2.27. The summed E-state index contributed by atoms with van der Waals surface area (Å²) in [6, 6.07) is 11.6. The molecule has 1 aromatic carbocycles. The highest BCUT2D eigenvalue weighted by molar-refractivity contribution is 5.97. The van der Waals surface area contributed by atoms with E-state index in [1.165, 1.54) is 5.56 Å². The zero-order valence-corrected chi connectivity index (χ0v) is 14.7. The normalized spacial score (nSPS) is 17.2. The van der Waals surface area contributed by atoms with Gasteiger partial charge in [0.1, 0.15) is 0 Å². The molecule has 1 saturated heterocycles. The molecule has 6 nitrogen and oxygen atoms in total. The molecule has 2 aliphatic rings. The molecular weight excluding hydrogens is 328 g/mol. The third kappa shape index (κ3) is 3.32. The van der Waals surface area contributed by atoms with Crippen molar-refractivity contribution in [3.05, 3.63) is 59.9 Å². The zero-order chi connectivity index (χ0) is 17.9. The van der Waals surface area contributed by atoms with E-state index in [2.05, 4.69) is 16.0 Å². The number of hydrogen-bond donors (Lipinski definition) is 0. The summed E-state index contributed by atoms with van der Waals surface area (Å²) in [6.07, 6.45) is 4.20. The minimum absolute atomic E-state index is 0.0341. The SMILES string of the molecule is O=C(c1ccncc1)N1CCN(CC(=O)N2CCc3ccccc32)CC1. The first kappa shape index (κ1) is 16.7. The van der Waals surface area contributed by atoms with Gasteiger partial charge in [-0.15, -0.1) is 0 Å². The van der Waals surface area contributed by atoms with Crippen molar-refractivity contribution in [3.8, 4) is 0 Å². The van der Waals surface area contributed by atoms with E-state index in [1.54, 1.807) is 24.5 Å². The molecule has 0 saturated carbocycles. The predicted octanol–water partition coefficient (Wildman–Crippen LogP) is 1.43. The number of benzene rings is 1. The van der Waals surface area contributed by atoms with Gasteiger partial charge < -0.3 is 9.80 Å². The van der Waals surface area contributed by atoms with E-state index < -0.39 is 0 Å². The number of fused-ring (bicyclic) bond motifs is 1. The summed E-state index contributed by atoms with van der Waals surface area (Å²) in [5.41, 5.74) is 2.95. The molecule has 3 heterocycles. The molecule has 2 aliphatic heterocycles. The molecule has 134 valence electrons. The molecule has 1 aromatic heterocycles. The molecule has 4 rings (SSSR count). The molecule has 6 heteroatoms. The lowest BCUT2D eigenvalue weighted by atomic mass is 10.2. The van der Waals surface area contributed by atoms with Gasteiger partial charge in [-0.25, -0.2) is 0 Å². The lowest BCUT2D eigenvalue weighted by Gasteiger charge is -2.35. The smallest absolute Gasteiger partial charge is 0.254 e. The fraction of sp³-hybridized carbons (Fsp3) is 0.350. The Kier molecular flexibility index (Phi) is 4.67. The minimum atomic E-state index is 0.0341. The van der Waals surface area contributed by atoms with Gasteiger partial charge in [-0.05, 0) is 30.2 Å². The average Bonchev–Trinajstić information content (AvgIpc) is 3.13. The van der Waals surface area contributed by atoms with Gasteiger partial charge in [0.2, 0.25) is 5.91 Å². The molecule has 0 N–H and O–H groups in total. The van der Waals surface area contributed by atoms with Gasteiger partial charge in [0.05, 0.1) is 6.54 Å². The largest absolute Gasteiger partial charge is 0.336 e. The Morgan fingerprint density at radius 2 is 1.65 bits per heavy atom. The summed E-state index contributed by atoms with van der Waals surface area (Å²) in [4.78, 5) is 35.0. The Balaban J connectivity index is 1.32. The van der Waals surface area contributed by atoms with Gasteiger partial charge in [-0.2, -0.15) is 0 Å². The van der Waals surface area contributed by atoms with Gasteiger partial charge in [0.15, 0.2) is 0 Å². The summed E-state index contributed by atoms with van der Waals surface area (Å²) < 4.78 is 0. The molecule has 1 fully saturated rings. The first-order chi connectivity index (χ1) is 12.7. The summed E-state index contributed by atoms with van der Waals surface area (Å²) in [5, 5.41) is 0. The van der Waals surface area contributed by atoms with Crippen molar-refractivity contribution < 1.29 is 9.59 Å². The van der Waals surface area contributed by atoms with Crippen LogP contribution in [0.15, 0.2) is 48.8 Å². The summed E-state index contributed by atoms with van der Waals surface area (Å²) >= 11 is 0. The molecule has 0 radical (unpaired) electrons. The van der Waals surface area contributed by atoms with Crippen LogP contribution in [0.5, 0.6) is 0 Å². The van der Waals surface area contributed by atoms with Crippen LogP contribution >= 0.6 is 0 Å². The maximum atomic E-state index is 12.7. The van der Waals surface area contributed by atoms with Crippen molar-refractivity contribution in [2.45, 2.75) is 6.42 Å². The van der Waals surface area contributed by atoms with Crippen molar-refractivity contribution >= 4 is 17.5 Å². The van der Waals surface area contributed by atoms with E-state index in [-0.39, 0.29) is 11.8 Å². The topological polar surface area (TPSA) is 56.8 Å². The van der Waals surface area contributed by atoms with E-state index >= 15 is 0 Å². The van der Waals surface area contributed by atoms with Crippen LogP contribution < -0.4 is 4.90 Å². The average molecular weight is 350 g/mol. The minimum Gasteiger partial charge on any atom is -0.336 e. The highest BCUT2D eigenvalue weighted by atomic mass is 16.2. The lowest BCUT2D eigenvalue weighted by molar-refractivity contribution is -0.120. The number of carbonyl (C=O) groups excluding carboxylic acids is 2. The maximum Gasteiger partial charge on any atom is 0.254 e. The second-order valence-electron chi connectivity index (χ2n) is 6.73. The van der Waals surface area contributed by atoms with Crippen LogP contribution in [0, 0.1) is 0 Å². The van der Waals surface area contributed by atoms with E-state index in [0.717, 1.165) is 31.7 Å². The Bertz CT molecular complexity index is 800. The van der Waals surface area contributed by atoms with Crippen molar-refractivity contribution in [2.75, 3.05) is 44.2 Å². The quantitative estimate of drug-likeness (QED) is 0.840. The number of piperazine rings is 1. The third-order valence-electron chi connectivity index (χ3n) is 5.13. The molecule has 0 atom stereocenters. The van der Waals surface area contributed by atoms with E-state index in [1.807, 2.05) is 28.0 Å². The number of nitrogens with zero attached hydrogens (tertiary/aromatic N) is 4. The van der Waals surface area contributed by atoms with Crippen molar-refractivity contribution in [1.82, 2.24) is 14.8 Å². The van der Waals surface area contributed by atoms with Gasteiger partial charge in [-0.3, -0.25) is 19.5 Å². The van der Waals surface area contributed by atoms with Crippen molar-refractivity contribution in [3.63, 3.8) is 0 Å². The number of carbonyl (C=O) groups is 2. The monoisotopic (exact) mass is 350 g/mol. The van der Waals surface area contributed by atoms with E-state index in [9.17, 15) is 9.59 Å². The molecule has 2 amide bonds.